The first-order valence-corrected chi connectivity index (χ1v) is 31.5. The summed E-state index contributed by atoms with van der Waals surface area (Å²) in [7, 11) is 0. The Labute approximate surface area is 512 Å². The number of benzene rings is 11. The van der Waals surface area contributed by atoms with E-state index in [9.17, 15) is 0 Å². The molecule has 0 fully saturated rings. The number of hydrogen-bond acceptors (Lipinski definition) is 2. The molecule has 414 valence electrons. The molecule has 0 radical (unpaired) electrons. The van der Waals surface area contributed by atoms with Crippen LogP contribution < -0.4 is 0 Å². The molecule has 0 saturated heterocycles. The molecule has 86 heavy (non-hydrogen) atoms. The van der Waals surface area contributed by atoms with Crippen molar-refractivity contribution in [1.82, 2.24) is 9.13 Å². The third-order valence-electron chi connectivity index (χ3n) is 17.2. The molecule has 0 saturated carbocycles. The molecule has 15 aromatic rings. The summed E-state index contributed by atoms with van der Waals surface area (Å²) >= 11 is 3.80. The third-order valence-corrected chi connectivity index (χ3v) is 19.8. The van der Waals surface area contributed by atoms with Crippen LogP contribution in [0.5, 0.6) is 0 Å². The van der Waals surface area contributed by atoms with E-state index < -0.39 is 0 Å². The van der Waals surface area contributed by atoms with Crippen LogP contribution >= 0.6 is 22.7 Å². The lowest BCUT2D eigenvalue weighted by Crippen LogP contribution is -2.17. The highest BCUT2D eigenvalue weighted by atomic mass is 32.1. The fourth-order valence-corrected chi connectivity index (χ4v) is 15.7. The lowest BCUT2D eigenvalue weighted by atomic mass is 9.80. The second-order valence-electron chi connectivity index (χ2n) is 24.8. The quantitative estimate of drug-likeness (QED) is 0.129. The van der Waals surface area contributed by atoms with Crippen molar-refractivity contribution in [2.75, 3.05) is 0 Å². The molecule has 0 aliphatic rings. The van der Waals surface area contributed by atoms with Crippen molar-refractivity contribution in [2.45, 2.75) is 52.4 Å². The minimum Gasteiger partial charge on any atom is -0.309 e. The molecule has 0 unspecified atom stereocenters. The molecule has 0 amide bonds. The molecule has 0 bridgehead atoms. The Morgan fingerprint density at radius 2 is 0.593 bits per heavy atom. The number of para-hydroxylation sites is 2. The minimum atomic E-state index is -0.0673. The van der Waals surface area contributed by atoms with Crippen molar-refractivity contribution < 1.29 is 0 Å². The highest BCUT2D eigenvalue weighted by Crippen LogP contribution is 2.56. The Balaban J connectivity index is 1.10. The number of hydrogen-bond donors (Lipinski definition) is 0. The maximum Gasteiger partial charge on any atom is 0.0641 e. The van der Waals surface area contributed by atoms with Crippen molar-refractivity contribution in [3.8, 4) is 97.6 Å². The normalized spacial score (nSPS) is 12.1. The minimum absolute atomic E-state index is 0.0673. The summed E-state index contributed by atoms with van der Waals surface area (Å²) < 4.78 is 5.15. The first-order valence-electron chi connectivity index (χ1n) is 29.9. The topological polar surface area (TPSA) is 9.86 Å². The van der Waals surface area contributed by atoms with Crippen molar-refractivity contribution in [2.24, 2.45) is 0 Å². The van der Waals surface area contributed by atoms with Gasteiger partial charge < -0.3 is 9.13 Å². The van der Waals surface area contributed by atoms with Gasteiger partial charge in [-0.2, -0.15) is 0 Å². The molecule has 11 aromatic carbocycles. The van der Waals surface area contributed by atoms with Gasteiger partial charge in [0.15, 0.2) is 0 Å². The van der Waals surface area contributed by atoms with Crippen molar-refractivity contribution in [1.29, 1.82) is 0 Å². The first kappa shape index (κ1) is 53.2. The molecule has 4 heterocycles. The van der Waals surface area contributed by atoms with Crippen LogP contribution in [0.15, 0.2) is 279 Å². The Bertz CT molecular complexity index is 4800. The molecular formula is C82H64N2S2. The van der Waals surface area contributed by atoms with E-state index in [0.29, 0.717) is 0 Å². The van der Waals surface area contributed by atoms with Gasteiger partial charge in [0, 0.05) is 74.7 Å². The largest absolute Gasteiger partial charge is 0.309 e. The van der Waals surface area contributed by atoms with Crippen LogP contribution in [-0.4, -0.2) is 9.13 Å². The van der Waals surface area contributed by atoms with Gasteiger partial charge in [0.25, 0.3) is 0 Å². The Hall–Kier alpha value is -9.58. The second kappa shape index (κ2) is 21.2. The van der Waals surface area contributed by atoms with Crippen LogP contribution in [0.3, 0.4) is 0 Å². The van der Waals surface area contributed by atoms with Gasteiger partial charge in [-0.3, -0.25) is 0 Å². The van der Waals surface area contributed by atoms with Crippen LogP contribution in [0.1, 0.15) is 52.7 Å². The summed E-state index contributed by atoms with van der Waals surface area (Å²) in [6.45, 7) is 14.0. The number of aromatic nitrogens is 2. The number of nitrogens with zero attached hydrogens (tertiary/aromatic N) is 2. The molecule has 0 aliphatic heterocycles. The van der Waals surface area contributed by atoms with E-state index in [1.807, 2.05) is 22.7 Å². The SMILES string of the molecule is CC(C)(C)c1cc(-n2c3ccccc3c3ccc4c(c5ccccc5n4-c4cc(-c5sc(-c6ccccc6)c(-c6ccccc6)c5-c5ccccc5)cc(-c5sc(-c6ccccc6)c(-c6ccccc6)c5-c5ccccc5)c4)c32)cc(C(C)(C)C)c1. The molecule has 0 atom stereocenters. The first-order chi connectivity index (χ1) is 42.0. The summed E-state index contributed by atoms with van der Waals surface area (Å²) in [6, 6.07) is 104. The van der Waals surface area contributed by atoms with E-state index >= 15 is 0 Å². The number of fused-ring (bicyclic) bond motifs is 7. The zero-order valence-corrected chi connectivity index (χ0v) is 50.9. The average Bonchev–Trinajstić information content (AvgIpc) is 1.67. The predicted molar refractivity (Wildman–Crippen MR) is 372 cm³/mol. The number of rotatable bonds is 10. The van der Waals surface area contributed by atoms with Gasteiger partial charge in [0.05, 0.1) is 22.1 Å². The summed E-state index contributed by atoms with van der Waals surface area (Å²) in [5.41, 5.74) is 23.9. The maximum atomic E-state index is 2.58. The zero-order chi connectivity index (χ0) is 58.3. The Morgan fingerprint density at radius 1 is 0.256 bits per heavy atom. The van der Waals surface area contributed by atoms with E-state index in [4.69, 9.17) is 0 Å². The Kier molecular flexibility index (Phi) is 13.1. The summed E-state index contributed by atoms with van der Waals surface area (Å²) in [4.78, 5) is 4.93. The van der Waals surface area contributed by atoms with E-state index in [1.54, 1.807) is 0 Å². The van der Waals surface area contributed by atoms with Gasteiger partial charge in [-0.1, -0.05) is 272 Å². The van der Waals surface area contributed by atoms with Gasteiger partial charge in [0.1, 0.15) is 0 Å². The fraction of sp³-hybridized carbons (Fsp3) is 0.0976. The van der Waals surface area contributed by atoms with Gasteiger partial charge in [-0.25, -0.2) is 0 Å². The molecule has 0 N–H and O–H groups in total. The highest BCUT2D eigenvalue weighted by molar-refractivity contribution is 7.20. The van der Waals surface area contributed by atoms with Crippen LogP contribution in [0, 0.1) is 0 Å². The number of thiophene rings is 2. The van der Waals surface area contributed by atoms with Gasteiger partial charge in [0.2, 0.25) is 0 Å². The van der Waals surface area contributed by atoms with Crippen molar-refractivity contribution in [3.05, 3.63) is 290 Å². The van der Waals surface area contributed by atoms with Crippen LogP contribution in [0.2, 0.25) is 0 Å². The molecular weight excluding hydrogens is 1080 g/mol. The average molecular weight is 1140 g/mol. The standard InChI is InChI=1S/C82H64N2S2/c1-81(2,3)61-50-62(82(4,5)6)52-64(51-61)84-68-43-27-25-41-65(68)66-45-46-70-75(76(66)84)67-42-26-28-44-69(67)83(70)63-48-59(79-73(55-33-17-9-18-34-55)71(53-29-13-7-14-30-53)77(85-79)57-37-21-11-22-38-57)47-60(49-63)80-74(56-35-19-10-20-36-56)72(54-31-15-8-16-32-54)78(86-80)58-39-23-12-24-40-58/h7-52H,1-6H3. The second-order valence-corrected chi connectivity index (χ2v) is 26.9. The van der Waals surface area contributed by atoms with Crippen LogP contribution in [-0.2, 0) is 10.8 Å². The Morgan fingerprint density at radius 3 is 1.00 bits per heavy atom. The molecule has 0 aliphatic carbocycles. The molecule has 2 nitrogen and oxygen atoms in total. The summed E-state index contributed by atoms with van der Waals surface area (Å²) in [6.07, 6.45) is 0. The fourth-order valence-electron chi connectivity index (χ4n) is 13.0. The van der Waals surface area contributed by atoms with Gasteiger partial charge in [-0.05, 0) is 115 Å². The van der Waals surface area contributed by atoms with E-state index in [-0.39, 0.29) is 10.8 Å². The van der Waals surface area contributed by atoms with Crippen molar-refractivity contribution in [3.63, 3.8) is 0 Å². The van der Waals surface area contributed by atoms with E-state index in [1.165, 1.54) is 125 Å². The smallest absolute Gasteiger partial charge is 0.0641 e. The maximum absolute atomic E-state index is 2.58. The predicted octanol–water partition coefficient (Wildman–Crippen LogP) is 23.9. The van der Waals surface area contributed by atoms with Gasteiger partial charge in [-0.15, -0.1) is 22.7 Å². The monoisotopic (exact) mass is 1140 g/mol. The van der Waals surface area contributed by atoms with Gasteiger partial charge >= 0.3 is 0 Å². The molecule has 15 rings (SSSR count). The molecule has 4 heteroatoms. The zero-order valence-electron chi connectivity index (χ0n) is 49.3. The third kappa shape index (κ3) is 9.15. The summed E-state index contributed by atoms with van der Waals surface area (Å²) in [5, 5.41) is 4.93. The van der Waals surface area contributed by atoms with Crippen molar-refractivity contribution >= 4 is 66.3 Å². The van der Waals surface area contributed by atoms with Crippen LogP contribution in [0.25, 0.3) is 141 Å². The highest BCUT2D eigenvalue weighted by Gasteiger charge is 2.30. The lowest BCUT2D eigenvalue weighted by molar-refractivity contribution is 0.568. The van der Waals surface area contributed by atoms with E-state index in [0.717, 1.165) is 27.8 Å². The molecule has 0 spiro atoms. The molecule has 4 aromatic heterocycles. The lowest BCUT2D eigenvalue weighted by Gasteiger charge is -2.27. The summed E-state index contributed by atoms with van der Waals surface area (Å²) in [5.74, 6) is 0. The van der Waals surface area contributed by atoms with Crippen LogP contribution in [0.4, 0.5) is 0 Å². The van der Waals surface area contributed by atoms with E-state index in [2.05, 4.69) is 330 Å².